The molecule has 0 saturated carbocycles. The van der Waals surface area contributed by atoms with Crippen molar-refractivity contribution in [2.24, 2.45) is 0 Å². The Hall–Kier alpha value is -3.20. The minimum atomic E-state index is -0.0696. The molecule has 1 atom stereocenters. The Balaban J connectivity index is 2.03. The van der Waals surface area contributed by atoms with Crippen molar-refractivity contribution in [2.45, 2.75) is 26.3 Å². The molecule has 6 heteroatoms. The van der Waals surface area contributed by atoms with Gasteiger partial charge in [-0.05, 0) is 43.7 Å². The Kier molecular flexibility index (Phi) is 4.25. The zero-order chi connectivity index (χ0) is 17.1. The summed E-state index contributed by atoms with van der Waals surface area (Å²) >= 11 is 0. The summed E-state index contributed by atoms with van der Waals surface area (Å²) in [6.07, 6.45) is 2.54. The van der Waals surface area contributed by atoms with Gasteiger partial charge in [0.2, 0.25) is 5.95 Å². The van der Waals surface area contributed by atoms with Crippen LogP contribution < -0.4 is 10.9 Å². The van der Waals surface area contributed by atoms with Gasteiger partial charge in [-0.3, -0.25) is 9.36 Å². The molecule has 3 rings (SSSR count). The van der Waals surface area contributed by atoms with Crippen molar-refractivity contribution in [2.75, 3.05) is 5.32 Å². The third kappa shape index (κ3) is 2.97. The summed E-state index contributed by atoms with van der Waals surface area (Å²) in [6, 6.07) is 12.4. The summed E-state index contributed by atoms with van der Waals surface area (Å²) < 4.78 is 1.70. The molecule has 0 spiro atoms. The van der Waals surface area contributed by atoms with Crippen molar-refractivity contribution in [3.05, 3.63) is 58.5 Å². The number of pyridine rings is 1. The SMILES string of the molecule is CCC(C)n1c(=O)ccc2cnc(Nc3ccc(C#N)cc3)nc21. The van der Waals surface area contributed by atoms with Crippen LogP contribution >= 0.6 is 0 Å². The minimum Gasteiger partial charge on any atom is -0.324 e. The first kappa shape index (κ1) is 15.7. The Morgan fingerprint density at radius 2 is 2.00 bits per heavy atom. The summed E-state index contributed by atoms with van der Waals surface area (Å²) in [5, 5.41) is 12.8. The Morgan fingerprint density at radius 3 is 2.67 bits per heavy atom. The fourth-order valence-electron chi connectivity index (χ4n) is 2.46. The van der Waals surface area contributed by atoms with Gasteiger partial charge in [-0.15, -0.1) is 0 Å². The van der Waals surface area contributed by atoms with Gasteiger partial charge >= 0.3 is 0 Å². The normalized spacial score (nSPS) is 11.9. The van der Waals surface area contributed by atoms with E-state index in [9.17, 15) is 4.79 Å². The zero-order valence-electron chi connectivity index (χ0n) is 13.5. The standard InChI is InChI=1S/C18H17N5O/c1-3-12(2)23-16(24)9-6-14-11-20-18(22-17(14)23)21-15-7-4-13(10-19)5-8-15/h4-9,11-12H,3H2,1-2H3,(H,20,21,22). The first-order valence-electron chi connectivity index (χ1n) is 7.78. The lowest BCUT2D eigenvalue weighted by Crippen LogP contribution is -2.23. The lowest BCUT2D eigenvalue weighted by atomic mass is 10.2. The average Bonchev–Trinajstić information content (AvgIpc) is 2.61. The highest BCUT2D eigenvalue weighted by Gasteiger charge is 2.11. The predicted molar refractivity (Wildman–Crippen MR) is 93.2 cm³/mol. The van der Waals surface area contributed by atoms with Crippen molar-refractivity contribution in [1.29, 1.82) is 5.26 Å². The molecule has 0 aliphatic heterocycles. The molecule has 1 N–H and O–H groups in total. The third-order valence-corrected chi connectivity index (χ3v) is 3.97. The van der Waals surface area contributed by atoms with Crippen LogP contribution in [0.15, 0.2) is 47.4 Å². The molecule has 2 aromatic heterocycles. The maximum Gasteiger partial charge on any atom is 0.252 e. The molecule has 3 aromatic rings. The summed E-state index contributed by atoms with van der Waals surface area (Å²) in [5.41, 5.74) is 1.91. The molecule has 1 aromatic carbocycles. The number of anilines is 2. The fourth-order valence-corrected chi connectivity index (χ4v) is 2.46. The van der Waals surface area contributed by atoms with Crippen molar-refractivity contribution in [3.8, 4) is 6.07 Å². The van der Waals surface area contributed by atoms with Gasteiger partial charge in [0.15, 0.2) is 0 Å². The van der Waals surface area contributed by atoms with E-state index < -0.39 is 0 Å². The van der Waals surface area contributed by atoms with E-state index in [1.165, 1.54) is 0 Å². The van der Waals surface area contributed by atoms with Crippen LogP contribution in [0.2, 0.25) is 0 Å². The second-order valence-corrected chi connectivity index (χ2v) is 5.59. The minimum absolute atomic E-state index is 0.0545. The lowest BCUT2D eigenvalue weighted by Gasteiger charge is -2.15. The second kappa shape index (κ2) is 6.50. The molecule has 0 radical (unpaired) electrons. The van der Waals surface area contributed by atoms with E-state index in [2.05, 4.69) is 21.4 Å². The molecule has 0 aliphatic carbocycles. The number of hydrogen-bond acceptors (Lipinski definition) is 5. The van der Waals surface area contributed by atoms with E-state index in [4.69, 9.17) is 5.26 Å². The summed E-state index contributed by atoms with van der Waals surface area (Å²) in [5.74, 6) is 0.412. The van der Waals surface area contributed by atoms with Gasteiger partial charge < -0.3 is 5.32 Å². The van der Waals surface area contributed by atoms with E-state index in [0.29, 0.717) is 17.2 Å². The van der Waals surface area contributed by atoms with Crippen molar-refractivity contribution in [3.63, 3.8) is 0 Å². The Morgan fingerprint density at radius 1 is 1.25 bits per heavy atom. The molecule has 0 amide bonds. The molecule has 2 heterocycles. The van der Waals surface area contributed by atoms with E-state index in [1.807, 2.05) is 13.8 Å². The van der Waals surface area contributed by atoms with E-state index in [1.54, 1.807) is 47.2 Å². The van der Waals surface area contributed by atoms with Crippen molar-refractivity contribution >= 4 is 22.7 Å². The molecule has 0 bridgehead atoms. The number of nitrogens with one attached hydrogen (secondary N) is 1. The molecule has 0 fully saturated rings. The van der Waals surface area contributed by atoms with Crippen LogP contribution in [0.1, 0.15) is 31.9 Å². The van der Waals surface area contributed by atoms with Crippen LogP contribution in [0.3, 0.4) is 0 Å². The molecule has 0 aliphatic rings. The van der Waals surface area contributed by atoms with Crippen LogP contribution in [0.25, 0.3) is 11.0 Å². The molecule has 120 valence electrons. The monoisotopic (exact) mass is 319 g/mol. The van der Waals surface area contributed by atoms with Crippen LogP contribution in [0.5, 0.6) is 0 Å². The molecule has 24 heavy (non-hydrogen) atoms. The van der Waals surface area contributed by atoms with Gasteiger partial charge in [-0.25, -0.2) is 4.98 Å². The van der Waals surface area contributed by atoms with Gasteiger partial charge in [0.1, 0.15) is 5.65 Å². The molecular formula is C18H17N5O. The first-order valence-corrected chi connectivity index (χ1v) is 7.78. The second-order valence-electron chi connectivity index (χ2n) is 5.59. The number of nitrogens with zero attached hydrogens (tertiary/aromatic N) is 4. The van der Waals surface area contributed by atoms with Crippen molar-refractivity contribution < 1.29 is 0 Å². The Bertz CT molecular complexity index is 969. The largest absolute Gasteiger partial charge is 0.324 e. The van der Waals surface area contributed by atoms with Gasteiger partial charge in [0.05, 0.1) is 11.6 Å². The zero-order valence-corrected chi connectivity index (χ0v) is 13.5. The number of nitriles is 1. The fraction of sp³-hybridized carbons (Fsp3) is 0.222. The smallest absolute Gasteiger partial charge is 0.252 e. The van der Waals surface area contributed by atoms with Crippen LogP contribution in [-0.2, 0) is 0 Å². The highest BCUT2D eigenvalue weighted by atomic mass is 16.1. The molecule has 6 nitrogen and oxygen atoms in total. The van der Waals surface area contributed by atoms with Gasteiger partial charge in [0.25, 0.3) is 5.56 Å². The highest BCUT2D eigenvalue weighted by molar-refractivity contribution is 5.75. The highest BCUT2D eigenvalue weighted by Crippen LogP contribution is 2.19. The predicted octanol–water partition coefficient (Wildman–Crippen LogP) is 3.38. The quantitative estimate of drug-likeness (QED) is 0.797. The van der Waals surface area contributed by atoms with Crippen molar-refractivity contribution in [1.82, 2.24) is 14.5 Å². The number of aromatic nitrogens is 3. The number of fused-ring (bicyclic) bond motifs is 1. The van der Waals surface area contributed by atoms with E-state index in [0.717, 1.165) is 17.5 Å². The number of benzene rings is 1. The number of rotatable bonds is 4. The maximum atomic E-state index is 12.2. The van der Waals surface area contributed by atoms with E-state index in [-0.39, 0.29) is 11.6 Å². The molecular weight excluding hydrogens is 302 g/mol. The summed E-state index contributed by atoms with van der Waals surface area (Å²) in [6.45, 7) is 4.03. The Labute approximate surface area is 139 Å². The third-order valence-electron chi connectivity index (χ3n) is 3.97. The summed E-state index contributed by atoms with van der Waals surface area (Å²) in [4.78, 5) is 21.0. The number of hydrogen-bond donors (Lipinski definition) is 1. The van der Waals surface area contributed by atoms with Crippen LogP contribution in [0.4, 0.5) is 11.6 Å². The van der Waals surface area contributed by atoms with Gasteiger partial charge in [0, 0.05) is 29.4 Å². The first-order chi connectivity index (χ1) is 11.6. The summed E-state index contributed by atoms with van der Waals surface area (Å²) in [7, 11) is 0. The van der Waals surface area contributed by atoms with Gasteiger partial charge in [-0.2, -0.15) is 10.2 Å². The van der Waals surface area contributed by atoms with Crippen LogP contribution in [0, 0.1) is 11.3 Å². The van der Waals surface area contributed by atoms with E-state index >= 15 is 0 Å². The average molecular weight is 319 g/mol. The lowest BCUT2D eigenvalue weighted by molar-refractivity contribution is 0.528. The molecule has 1 unspecified atom stereocenters. The van der Waals surface area contributed by atoms with Gasteiger partial charge in [-0.1, -0.05) is 6.92 Å². The topological polar surface area (TPSA) is 83.6 Å². The maximum absolute atomic E-state index is 12.2. The molecule has 0 saturated heterocycles. The van der Waals surface area contributed by atoms with Crippen LogP contribution in [-0.4, -0.2) is 14.5 Å².